The summed E-state index contributed by atoms with van der Waals surface area (Å²) in [5.41, 5.74) is 1.93. The van der Waals surface area contributed by atoms with E-state index in [1.54, 1.807) is 34.9 Å². The first kappa shape index (κ1) is 23.6. The van der Waals surface area contributed by atoms with Crippen molar-refractivity contribution in [3.63, 3.8) is 0 Å². The van der Waals surface area contributed by atoms with Gasteiger partial charge in [0.05, 0.1) is 37.2 Å². The van der Waals surface area contributed by atoms with Crippen molar-refractivity contribution in [3.8, 4) is 28.5 Å². The van der Waals surface area contributed by atoms with Crippen molar-refractivity contribution >= 4 is 40.8 Å². The fraction of sp³-hybridized carbons (Fsp3) is 0.143. The fourth-order valence-electron chi connectivity index (χ4n) is 3.22. The van der Waals surface area contributed by atoms with Gasteiger partial charge < -0.3 is 26.6 Å². The zero-order chi connectivity index (χ0) is 22.1. The van der Waals surface area contributed by atoms with E-state index in [9.17, 15) is 14.9 Å². The second-order valence-corrected chi connectivity index (χ2v) is 8.55. The number of thiazole rings is 1. The molecular formula is C21H17ClN2O6S2. The zero-order valence-electron chi connectivity index (χ0n) is 17.2. The molecule has 3 aromatic rings. The lowest BCUT2D eigenvalue weighted by atomic mass is 10.1. The molecule has 1 aromatic heterocycles. The molecule has 0 saturated heterocycles. The van der Waals surface area contributed by atoms with E-state index in [-0.39, 0.29) is 24.0 Å². The third-order valence-corrected chi connectivity index (χ3v) is 6.78. The van der Waals surface area contributed by atoms with Gasteiger partial charge >= 0.3 is 10.2 Å². The number of rotatable bonds is 6. The van der Waals surface area contributed by atoms with E-state index in [1.165, 1.54) is 56.6 Å². The van der Waals surface area contributed by atoms with Crippen LogP contribution in [0.5, 0.6) is 17.2 Å². The van der Waals surface area contributed by atoms with Gasteiger partial charge in [0.1, 0.15) is 4.91 Å². The molecule has 1 aliphatic heterocycles. The molecule has 0 amide bonds. The number of methoxy groups -OCH3 is 3. The number of non-ortho nitro benzene ring substituents is 1. The summed E-state index contributed by atoms with van der Waals surface area (Å²) in [4.78, 5) is 24.4. The van der Waals surface area contributed by atoms with E-state index in [0.29, 0.717) is 33.4 Å². The van der Waals surface area contributed by atoms with Crippen molar-refractivity contribution < 1.29 is 40.9 Å². The van der Waals surface area contributed by atoms with E-state index in [0.717, 1.165) is 9.90 Å². The maximum Gasteiger partial charge on any atom is 0.433 e. The average molecular weight is 493 g/mol. The predicted molar refractivity (Wildman–Crippen MR) is 117 cm³/mol. The van der Waals surface area contributed by atoms with Gasteiger partial charge in [-0.15, -0.1) is 4.57 Å². The van der Waals surface area contributed by atoms with Gasteiger partial charge in [0, 0.05) is 23.9 Å². The number of ether oxygens (including phenoxy) is 3. The third kappa shape index (κ3) is 4.16. The Morgan fingerprint density at radius 1 is 1.06 bits per heavy atom. The van der Waals surface area contributed by atoms with Gasteiger partial charge in [0.2, 0.25) is 11.4 Å². The summed E-state index contributed by atoms with van der Waals surface area (Å²) in [6, 6.07) is 9.78. The first-order valence-electron chi connectivity index (χ1n) is 8.99. The quantitative estimate of drug-likeness (QED) is 0.222. The summed E-state index contributed by atoms with van der Waals surface area (Å²) in [6.07, 6.45) is 1.76. The highest BCUT2D eigenvalue weighted by atomic mass is 35.5. The molecule has 11 heteroatoms. The Bertz CT molecular complexity index is 1220. The second kappa shape index (κ2) is 9.60. The summed E-state index contributed by atoms with van der Waals surface area (Å²) in [5, 5.41) is 12.9. The molecule has 0 radical (unpaired) electrons. The van der Waals surface area contributed by atoms with E-state index < -0.39 is 4.92 Å². The SMILES string of the molecule is COc1cc(C=C2Sc3scc(-c4cccc([N+](=O)[O-])c4)[n+]3C2=O)cc(OC)c1OC.[Cl-]. The maximum absolute atomic E-state index is 13.2. The number of nitro groups is 1. The Hall–Kier alpha value is -3.08. The molecule has 8 nitrogen and oxygen atoms in total. The van der Waals surface area contributed by atoms with E-state index in [1.807, 2.05) is 5.38 Å². The molecule has 4 rings (SSSR count). The minimum atomic E-state index is -0.451. The summed E-state index contributed by atoms with van der Waals surface area (Å²) in [6.45, 7) is 0. The Labute approximate surface area is 198 Å². The molecule has 32 heavy (non-hydrogen) atoms. The van der Waals surface area contributed by atoms with Gasteiger partial charge in [-0.05, 0) is 29.8 Å². The molecule has 0 spiro atoms. The number of hydrogen-bond donors (Lipinski definition) is 0. The Balaban J connectivity index is 0.00000289. The number of halogens is 1. The van der Waals surface area contributed by atoms with E-state index in [4.69, 9.17) is 14.2 Å². The smallest absolute Gasteiger partial charge is 0.433 e. The number of nitro benzene ring substituents is 1. The molecule has 0 fully saturated rings. The van der Waals surface area contributed by atoms with Crippen LogP contribution in [0.15, 0.2) is 51.0 Å². The van der Waals surface area contributed by atoms with Crippen LogP contribution in [-0.4, -0.2) is 32.2 Å². The molecular weight excluding hydrogens is 476 g/mol. The maximum atomic E-state index is 13.2. The van der Waals surface area contributed by atoms with Crippen molar-refractivity contribution in [3.05, 3.63) is 62.4 Å². The van der Waals surface area contributed by atoms with Crippen LogP contribution in [-0.2, 0) is 0 Å². The van der Waals surface area contributed by atoms with Crippen molar-refractivity contribution in [2.45, 2.75) is 4.34 Å². The van der Waals surface area contributed by atoms with Crippen LogP contribution in [0, 0.1) is 10.1 Å². The van der Waals surface area contributed by atoms with Crippen molar-refractivity contribution in [2.75, 3.05) is 21.3 Å². The third-order valence-electron chi connectivity index (χ3n) is 4.64. The molecule has 0 saturated carbocycles. The Kier molecular flexibility index (Phi) is 7.07. The molecule has 2 heterocycles. The van der Waals surface area contributed by atoms with Gasteiger partial charge in [-0.1, -0.05) is 17.4 Å². The van der Waals surface area contributed by atoms with Gasteiger partial charge in [-0.3, -0.25) is 10.1 Å². The molecule has 0 aliphatic carbocycles. The monoisotopic (exact) mass is 492 g/mol. The highest BCUT2D eigenvalue weighted by molar-refractivity contribution is 8.05. The number of thioether (sulfide) groups is 1. The molecule has 2 aromatic carbocycles. The molecule has 1 aliphatic rings. The normalized spacial score (nSPS) is 13.5. The fourth-order valence-corrected chi connectivity index (χ4v) is 5.40. The first-order chi connectivity index (χ1) is 15.0. The first-order valence-corrected chi connectivity index (χ1v) is 10.7. The minimum absolute atomic E-state index is 0. The van der Waals surface area contributed by atoms with Crippen LogP contribution in [0.1, 0.15) is 10.4 Å². The summed E-state index contributed by atoms with van der Waals surface area (Å²) < 4.78 is 18.5. The minimum Gasteiger partial charge on any atom is -1.00 e. The molecule has 0 N–H and O–H groups in total. The van der Waals surface area contributed by atoms with Gasteiger partial charge in [0.15, 0.2) is 11.5 Å². The van der Waals surface area contributed by atoms with Crippen molar-refractivity contribution in [1.29, 1.82) is 0 Å². The number of allylic oxidation sites excluding steroid dienone is 1. The van der Waals surface area contributed by atoms with Gasteiger partial charge in [0.25, 0.3) is 5.69 Å². The molecule has 166 valence electrons. The molecule has 0 unspecified atom stereocenters. The number of fused-ring (bicyclic) bond motifs is 1. The van der Waals surface area contributed by atoms with Gasteiger partial charge in [-0.2, -0.15) is 0 Å². The number of carbonyl (C=O) groups excluding carboxylic acids is 1. The van der Waals surface area contributed by atoms with Gasteiger partial charge in [-0.25, -0.2) is 4.79 Å². The molecule has 0 bridgehead atoms. The van der Waals surface area contributed by atoms with Crippen LogP contribution in [0.4, 0.5) is 5.69 Å². The lowest BCUT2D eigenvalue weighted by Crippen LogP contribution is -3.00. The lowest BCUT2D eigenvalue weighted by Gasteiger charge is -2.12. The van der Waals surface area contributed by atoms with Crippen LogP contribution in [0.25, 0.3) is 17.3 Å². The predicted octanol–water partition coefficient (Wildman–Crippen LogP) is 1.43. The largest absolute Gasteiger partial charge is 1.00 e. The van der Waals surface area contributed by atoms with Crippen LogP contribution >= 0.6 is 23.1 Å². The average Bonchev–Trinajstić information content (AvgIpc) is 3.33. The Morgan fingerprint density at radius 2 is 1.75 bits per heavy atom. The summed E-state index contributed by atoms with van der Waals surface area (Å²) in [5.74, 6) is 1.25. The molecule has 0 atom stereocenters. The van der Waals surface area contributed by atoms with E-state index >= 15 is 0 Å². The van der Waals surface area contributed by atoms with Crippen LogP contribution < -0.4 is 31.2 Å². The van der Waals surface area contributed by atoms with Crippen LogP contribution in [0.2, 0.25) is 0 Å². The number of nitrogens with zero attached hydrogens (tertiary/aromatic N) is 2. The highest BCUT2D eigenvalue weighted by Gasteiger charge is 2.41. The lowest BCUT2D eigenvalue weighted by molar-refractivity contribution is -0.588. The number of hydrogen-bond acceptors (Lipinski definition) is 8. The zero-order valence-corrected chi connectivity index (χ0v) is 19.5. The van der Waals surface area contributed by atoms with Crippen LogP contribution in [0.3, 0.4) is 0 Å². The number of carbonyl (C=O) groups is 1. The van der Waals surface area contributed by atoms with E-state index in [2.05, 4.69) is 0 Å². The number of aromatic nitrogens is 1. The summed E-state index contributed by atoms with van der Waals surface area (Å²) in [7, 11) is 4.59. The second-order valence-electron chi connectivity index (χ2n) is 6.40. The van der Waals surface area contributed by atoms with Crippen molar-refractivity contribution in [2.24, 2.45) is 0 Å². The topological polar surface area (TPSA) is 91.8 Å². The number of benzene rings is 2. The summed E-state index contributed by atoms with van der Waals surface area (Å²) >= 11 is 2.76. The Morgan fingerprint density at radius 3 is 2.34 bits per heavy atom. The van der Waals surface area contributed by atoms with Crippen molar-refractivity contribution in [1.82, 2.24) is 0 Å². The standard InChI is InChI=1S/C21H17N2O6S2.ClH/c1-27-16-7-12(8-17(28-2)19(16)29-3)9-18-20(24)22-15(11-30-21(22)31-18)13-5-4-6-14(10-13)23(25)26;/h4-11H,1-3H3;1H/q+1;/p-1. The highest BCUT2D eigenvalue weighted by Crippen LogP contribution is 2.41.